The summed E-state index contributed by atoms with van der Waals surface area (Å²) in [5.74, 6) is 0.0248. The molecule has 13 heavy (non-hydrogen) atoms. The van der Waals surface area contributed by atoms with Gasteiger partial charge in [-0.1, -0.05) is 7.92 Å². The molecule has 72 valence electrons. The number of anilines is 1. The van der Waals surface area contributed by atoms with Crippen molar-refractivity contribution in [1.29, 1.82) is 0 Å². The highest BCUT2D eigenvalue weighted by molar-refractivity contribution is 7.64. The van der Waals surface area contributed by atoms with Crippen molar-refractivity contribution in [1.82, 2.24) is 0 Å². The summed E-state index contributed by atoms with van der Waals surface area (Å²) in [6.07, 6.45) is 0. The summed E-state index contributed by atoms with van der Waals surface area (Å²) in [5, 5.41) is 0.957. The standard InChI is InChI=1S/C9H13FNOP/c1-12-8-5-6(13(2)3)4-7(10)9(8)11/h4-5H,11H2,1-3H3. The predicted octanol–water partition coefficient (Wildman–Crippen LogP) is 1.78. The molecule has 1 rings (SSSR count). The molecule has 0 heterocycles. The first-order valence-corrected chi connectivity index (χ1v) is 6.10. The van der Waals surface area contributed by atoms with Gasteiger partial charge in [0.2, 0.25) is 0 Å². The van der Waals surface area contributed by atoms with E-state index in [9.17, 15) is 4.39 Å². The topological polar surface area (TPSA) is 35.2 Å². The van der Waals surface area contributed by atoms with Crippen molar-refractivity contribution >= 4 is 18.9 Å². The first-order valence-electron chi connectivity index (χ1n) is 3.86. The van der Waals surface area contributed by atoms with E-state index in [0.29, 0.717) is 5.75 Å². The normalized spacial score (nSPS) is 10.5. The van der Waals surface area contributed by atoms with Crippen LogP contribution in [0.15, 0.2) is 12.1 Å². The molecular formula is C9H13FNOP. The van der Waals surface area contributed by atoms with Gasteiger partial charge in [-0.05, 0) is 30.8 Å². The summed E-state index contributed by atoms with van der Waals surface area (Å²) >= 11 is 0. The molecule has 0 aliphatic heterocycles. The molecule has 0 fully saturated rings. The molecule has 0 spiro atoms. The van der Waals surface area contributed by atoms with Gasteiger partial charge in [-0.2, -0.15) is 0 Å². The average molecular weight is 201 g/mol. The lowest BCUT2D eigenvalue weighted by Crippen LogP contribution is -2.05. The maximum atomic E-state index is 13.2. The molecule has 0 radical (unpaired) electrons. The second kappa shape index (κ2) is 3.93. The fourth-order valence-electron chi connectivity index (χ4n) is 1.01. The largest absolute Gasteiger partial charge is 0.494 e. The Morgan fingerprint density at radius 3 is 2.46 bits per heavy atom. The van der Waals surface area contributed by atoms with E-state index in [1.165, 1.54) is 13.2 Å². The third-order valence-electron chi connectivity index (χ3n) is 1.81. The second-order valence-electron chi connectivity index (χ2n) is 2.94. The first kappa shape index (κ1) is 10.3. The van der Waals surface area contributed by atoms with E-state index in [-0.39, 0.29) is 13.6 Å². The van der Waals surface area contributed by atoms with Gasteiger partial charge in [0.1, 0.15) is 11.4 Å². The smallest absolute Gasteiger partial charge is 0.150 e. The second-order valence-corrected chi connectivity index (χ2v) is 5.24. The lowest BCUT2D eigenvalue weighted by atomic mass is 10.3. The Hall–Kier alpha value is -0.820. The van der Waals surface area contributed by atoms with Crippen molar-refractivity contribution in [3.63, 3.8) is 0 Å². The van der Waals surface area contributed by atoms with Crippen LogP contribution in [0.2, 0.25) is 0 Å². The molecule has 2 N–H and O–H groups in total. The molecule has 0 saturated carbocycles. The summed E-state index contributed by atoms with van der Waals surface area (Å²) in [5.41, 5.74) is 5.56. The molecule has 0 bridgehead atoms. The van der Waals surface area contributed by atoms with E-state index < -0.39 is 5.82 Å². The number of hydrogen-bond acceptors (Lipinski definition) is 2. The van der Waals surface area contributed by atoms with Crippen LogP contribution in [-0.4, -0.2) is 20.4 Å². The van der Waals surface area contributed by atoms with Crippen molar-refractivity contribution in [2.24, 2.45) is 0 Å². The first-order chi connectivity index (χ1) is 6.06. The van der Waals surface area contributed by atoms with Crippen LogP contribution in [0.25, 0.3) is 0 Å². The van der Waals surface area contributed by atoms with E-state index in [2.05, 4.69) is 13.3 Å². The van der Waals surface area contributed by atoms with Crippen LogP contribution in [0.5, 0.6) is 5.75 Å². The van der Waals surface area contributed by atoms with Gasteiger partial charge < -0.3 is 10.5 Å². The SMILES string of the molecule is COc1cc(P(C)C)cc(F)c1N. The zero-order valence-electron chi connectivity index (χ0n) is 7.97. The third kappa shape index (κ3) is 2.10. The molecule has 0 aliphatic rings. The fourth-order valence-corrected chi connectivity index (χ4v) is 1.75. The number of nitrogens with two attached hydrogens (primary N) is 1. The Morgan fingerprint density at radius 1 is 1.38 bits per heavy atom. The van der Waals surface area contributed by atoms with Crippen molar-refractivity contribution < 1.29 is 9.13 Å². The highest BCUT2D eigenvalue weighted by Gasteiger charge is 2.09. The van der Waals surface area contributed by atoms with Crippen LogP contribution in [0.1, 0.15) is 0 Å². The molecule has 0 aromatic heterocycles. The fraction of sp³-hybridized carbons (Fsp3) is 0.333. The summed E-state index contributed by atoms with van der Waals surface area (Å²) in [7, 11) is 1.17. The Balaban J connectivity index is 3.22. The van der Waals surface area contributed by atoms with E-state index in [4.69, 9.17) is 10.5 Å². The summed E-state index contributed by atoms with van der Waals surface area (Å²) in [6, 6.07) is 3.27. The van der Waals surface area contributed by atoms with Gasteiger partial charge in [0.05, 0.1) is 7.11 Å². The molecule has 0 aliphatic carbocycles. The zero-order chi connectivity index (χ0) is 10.0. The van der Waals surface area contributed by atoms with Crippen LogP contribution in [0.4, 0.5) is 10.1 Å². The van der Waals surface area contributed by atoms with Crippen LogP contribution >= 0.6 is 7.92 Å². The number of ether oxygens (including phenoxy) is 1. The molecule has 4 heteroatoms. The molecule has 0 unspecified atom stereocenters. The van der Waals surface area contributed by atoms with Gasteiger partial charge in [-0.15, -0.1) is 0 Å². The maximum absolute atomic E-state index is 13.2. The number of halogens is 1. The van der Waals surface area contributed by atoms with Crippen LogP contribution in [-0.2, 0) is 0 Å². The maximum Gasteiger partial charge on any atom is 0.150 e. The zero-order valence-corrected chi connectivity index (χ0v) is 8.86. The number of nitrogen functional groups attached to an aromatic ring is 1. The predicted molar refractivity (Wildman–Crippen MR) is 55.8 cm³/mol. The van der Waals surface area contributed by atoms with Gasteiger partial charge in [-0.3, -0.25) is 0 Å². The number of rotatable bonds is 2. The van der Waals surface area contributed by atoms with Crippen molar-refractivity contribution in [2.45, 2.75) is 0 Å². The quantitative estimate of drug-likeness (QED) is 0.584. The highest BCUT2D eigenvalue weighted by Crippen LogP contribution is 2.30. The molecule has 0 amide bonds. The van der Waals surface area contributed by atoms with Crippen LogP contribution < -0.4 is 15.8 Å². The Morgan fingerprint density at radius 2 is 2.00 bits per heavy atom. The van der Waals surface area contributed by atoms with Gasteiger partial charge in [0, 0.05) is 0 Å². The van der Waals surface area contributed by atoms with Crippen molar-refractivity contribution in [3.05, 3.63) is 17.9 Å². The van der Waals surface area contributed by atoms with E-state index in [0.717, 1.165) is 5.30 Å². The minimum atomic E-state index is -0.398. The lowest BCUT2D eigenvalue weighted by molar-refractivity contribution is 0.414. The molecule has 0 saturated heterocycles. The summed E-state index contributed by atoms with van der Waals surface area (Å²) < 4.78 is 18.2. The Labute approximate surface area is 78.6 Å². The summed E-state index contributed by atoms with van der Waals surface area (Å²) in [6.45, 7) is 4.11. The van der Waals surface area contributed by atoms with Crippen molar-refractivity contribution in [2.75, 3.05) is 26.2 Å². The molecule has 2 nitrogen and oxygen atoms in total. The third-order valence-corrected chi connectivity index (χ3v) is 3.10. The van der Waals surface area contributed by atoms with Gasteiger partial charge >= 0.3 is 0 Å². The van der Waals surface area contributed by atoms with Crippen molar-refractivity contribution in [3.8, 4) is 5.75 Å². The minimum absolute atomic E-state index is 0.0862. The Kier molecular flexibility index (Phi) is 3.10. The lowest BCUT2D eigenvalue weighted by Gasteiger charge is -2.11. The molecule has 1 aromatic rings. The number of methoxy groups -OCH3 is 1. The van der Waals surface area contributed by atoms with E-state index in [1.807, 2.05) is 0 Å². The van der Waals surface area contributed by atoms with Crippen LogP contribution in [0, 0.1) is 5.82 Å². The van der Waals surface area contributed by atoms with E-state index >= 15 is 0 Å². The van der Waals surface area contributed by atoms with Gasteiger partial charge in [0.25, 0.3) is 0 Å². The summed E-state index contributed by atoms with van der Waals surface area (Å²) in [4.78, 5) is 0. The number of benzene rings is 1. The minimum Gasteiger partial charge on any atom is -0.494 e. The monoisotopic (exact) mass is 201 g/mol. The van der Waals surface area contributed by atoms with Gasteiger partial charge in [0.15, 0.2) is 5.82 Å². The molecular weight excluding hydrogens is 188 g/mol. The number of hydrogen-bond donors (Lipinski definition) is 1. The van der Waals surface area contributed by atoms with E-state index in [1.54, 1.807) is 6.07 Å². The molecule has 1 aromatic carbocycles. The van der Waals surface area contributed by atoms with Crippen LogP contribution in [0.3, 0.4) is 0 Å². The highest BCUT2D eigenvalue weighted by atomic mass is 31.1. The average Bonchev–Trinajstić information content (AvgIpc) is 2.09. The molecule has 0 atom stereocenters. The Bertz CT molecular complexity index is 315. The van der Waals surface area contributed by atoms with Gasteiger partial charge in [-0.25, -0.2) is 4.39 Å².